The fourth-order valence-corrected chi connectivity index (χ4v) is 0.450. The zero-order valence-electron chi connectivity index (χ0n) is 4.43. The first-order valence-electron chi connectivity index (χ1n) is 2.25. The number of hydrogen-bond acceptors (Lipinski definition) is 3. The third-order valence-corrected chi connectivity index (χ3v) is 0.738. The predicted molar refractivity (Wildman–Crippen MR) is 28.0 cm³/mol. The zero-order chi connectivity index (χ0) is 6.69. The van der Waals surface area contributed by atoms with Crippen LogP contribution in [0, 0.1) is 10.1 Å². The van der Waals surface area contributed by atoms with Crippen LogP contribution in [-0.2, 0) is 0 Å². The number of hydrogen-bond donors (Lipinski definition) is 0. The Balaban J connectivity index is 2.58. The summed E-state index contributed by atoms with van der Waals surface area (Å²) < 4.78 is 1.00. The average Bonchev–Trinajstić information content (AvgIpc) is 2.15. The molecule has 0 aliphatic carbocycles. The Kier molecular flexibility index (Phi) is 1.35. The van der Waals surface area contributed by atoms with Gasteiger partial charge >= 0.3 is 0 Å². The minimum atomic E-state index is -0.875. The molecule has 0 atom stereocenters. The van der Waals surface area contributed by atoms with Gasteiger partial charge in [0.1, 0.15) is 12.4 Å². The molecule has 0 bridgehead atoms. The fourth-order valence-electron chi connectivity index (χ4n) is 0.450. The van der Waals surface area contributed by atoms with Gasteiger partial charge in [0, 0.05) is 0 Å². The lowest BCUT2D eigenvalue weighted by molar-refractivity contribution is -0.749. The van der Waals surface area contributed by atoms with E-state index in [4.69, 9.17) is 0 Å². The molecule has 5 nitrogen and oxygen atoms in total. The normalized spacial score (nSPS) is 8.89. The van der Waals surface area contributed by atoms with Crippen molar-refractivity contribution in [3.05, 3.63) is 34.6 Å². The van der Waals surface area contributed by atoms with Crippen molar-refractivity contribution in [1.29, 1.82) is 0 Å². The van der Waals surface area contributed by atoms with Gasteiger partial charge in [0.05, 0.1) is 0 Å². The first-order valence-corrected chi connectivity index (χ1v) is 2.25. The summed E-state index contributed by atoms with van der Waals surface area (Å²) in [7, 11) is 0. The lowest BCUT2D eigenvalue weighted by Gasteiger charge is -1.93. The molecule has 48 valence electrons. The molecule has 0 radical (unpaired) electrons. The summed E-state index contributed by atoms with van der Waals surface area (Å²) in [6, 6.07) is 3.26. The summed E-state index contributed by atoms with van der Waals surface area (Å²) in [6.45, 7) is 0. The predicted octanol–water partition coefficient (Wildman–Crippen LogP) is 0.108. The lowest BCUT2D eigenvalue weighted by Crippen LogP contribution is -2.15. The SMILES string of the molecule is O=[N+]([O-])On1cccc1. The van der Waals surface area contributed by atoms with Crippen LogP contribution >= 0.6 is 0 Å². The van der Waals surface area contributed by atoms with Crippen LogP contribution in [0.4, 0.5) is 0 Å². The van der Waals surface area contributed by atoms with Crippen molar-refractivity contribution in [2.75, 3.05) is 0 Å². The molecular formula is C4H4N2O3. The molecule has 0 fully saturated rings. The summed E-state index contributed by atoms with van der Waals surface area (Å²) in [6.07, 6.45) is 2.87. The Morgan fingerprint density at radius 2 is 2.00 bits per heavy atom. The Labute approximate surface area is 50.5 Å². The van der Waals surface area contributed by atoms with E-state index in [2.05, 4.69) is 4.94 Å². The summed E-state index contributed by atoms with van der Waals surface area (Å²) in [5.74, 6) is 0. The summed E-state index contributed by atoms with van der Waals surface area (Å²) in [4.78, 5) is 13.6. The molecule has 0 saturated carbocycles. The van der Waals surface area contributed by atoms with E-state index in [9.17, 15) is 10.1 Å². The van der Waals surface area contributed by atoms with E-state index in [0.29, 0.717) is 0 Å². The third-order valence-electron chi connectivity index (χ3n) is 0.738. The van der Waals surface area contributed by atoms with Gasteiger partial charge in [-0.15, -0.1) is 4.73 Å². The molecule has 0 aromatic carbocycles. The van der Waals surface area contributed by atoms with E-state index in [0.717, 1.165) is 4.73 Å². The molecule has 0 aliphatic heterocycles. The maximum Gasteiger partial charge on any atom is 0.168 e. The van der Waals surface area contributed by atoms with Gasteiger partial charge < -0.3 is 0 Å². The second kappa shape index (κ2) is 2.17. The van der Waals surface area contributed by atoms with Gasteiger partial charge in [-0.25, -0.2) is 10.1 Å². The van der Waals surface area contributed by atoms with Crippen molar-refractivity contribution in [2.45, 2.75) is 0 Å². The molecule has 0 amide bonds. The topological polar surface area (TPSA) is 57.3 Å². The Morgan fingerprint density at radius 3 is 2.44 bits per heavy atom. The Hall–Kier alpha value is -1.52. The molecule has 9 heavy (non-hydrogen) atoms. The van der Waals surface area contributed by atoms with Crippen molar-refractivity contribution < 1.29 is 10.0 Å². The minimum absolute atomic E-state index is 0.875. The van der Waals surface area contributed by atoms with Crippen LogP contribution in [0.2, 0.25) is 0 Å². The summed E-state index contributed by atoms with van der Waals surface area (Å²) >= 11 is 0. The largest absolute Gasteiger partial charge is 0.218 e. The van der Waals surface area contributed by atoms with Crippen LogP contribution in [0.3, 0.4) is 0 Å². The molecule has 0 saturated heterocycles. The Bertz CT molecular complexity index is 194. The van der Waals surface area contributed by atoms with Crippen LogP contribution in [0.1, 0.15) is 0 Å². The second-order valence-electron chi connectivity index (χ2n) is 1.35. The van der Waals surface area contributed by atoms with Crippen molar-refractivity contribution >= 4 is 0 Å². The van der Waals surface area contributed by atoms with Crippen LogP contribution in [-0.4, -0.2) is 9.82 Å². The van der Waals surface area contributed by atoms with E-state index in [1.165, 1.54) is 12.4 Å². The molecule has 1 rings (SSSR count). The highest BCUT2D eigenvalue weighted by molar-refractivity contribution is 4.87. The van der Waals surface area contributed by atoms with Gasteiger partial charge in [-0.05, 0) is 12.1 Å². The van der Waals surface area contributed by atoms with Crippen molar-refractivity contribution in [3.63, 3.8) is 0 Å². The van der Waals surface area contributed by atoms with Crippen LogP contribution in [0.5, 0.6) is 0 Å². The summed E-state index contributed by atoms with van der Waals surface area (Å²) in [5, 5.41) is 8.75. The standard InChI is InChI=1S/C4H4N2O3/c7-6(8)9-5-3-1-2-4-5/h1-4H. The second-order valence-corrected chi connectivity index (χ2v) is 1.35. The molecule has 5 heteroatoms. The number of aromatic nitrogens is 1. The maximum atomic E-state index is 9.63. The fraction of sp³-hybridized carbons (Fsp3) is 0. The number of nitrogens with zero attached hydrogens (tertiary/aromatic N) is 2. The van der Waals surface area contributed by atoms with Crippen molar-refractivity contribution in [1.82, 2.24) is 4.73 Å². The smallest absolute Gasteiger partial charge is 0.168 e. The average molecular weight is 128 g/mol. The first-order chi connectivity index (χ1) is 4.29. The van der Waals surface area contributed by atoms with E-state index >= 15 is 0 Å². The van der Waals surface area contributed by atoms with E-state index in [-0.39, 0.29) is 0 Å². The zero-order valence-corrected chi connectivity index (χ0v) is 4.43. The monoisotopic (exact) mass is 128 g/mol. The van der Waals surface area contributed by atoms with Gasteiger partial charge in [0.2, 0.25) is 0 Å². The van der Waals surface area contributed by atoms with Gasteiger partial charge in [0.25, 0.3) is 0 Å². The van der Waals surface area contributed by atoms with Gasteiger partial charge in [-0.1, -0.05) is 0 Å². The van der Waals surface area contributed by atoms with Crippen molar-refractivity contribution in [2.24, 2.45) is 0 Å². The van der Waals surface area contributed by atoms with Gasteiger partial charge in [-0.3, -0.25) is 0 Å². The van der Waals surface area contributed by atoms with E-state index in [1.54, 1.807) is 12.1 Å². The lowest BCUT2D eigenvalue weighted by atomic mass is 10.7. The quantitative estimate of drug-likeness (QED) is 0.419. The first kappa shape index (κ1) is 5.61. The molecule has 0 aliphatic rings. The molecule has 1 aromatic rings. The molecular weight excluding hydrogens is 124 g/mol. The number of rotatable bonds is 2. The molecule has 0 unspecified atom stereocenters. The van der Waals surface area contributed by atoms with Gasteiger partial charge in [0.15, 0.2) is 5.09 Å². The van der Waals surface area contributed by atoms with Crippen LogP contribution < -0.4 is 4.94 Å². The molecule has 1 aromatic heterocycles. The van der Waals surface area contributed by atoms with E-state index < -0.39 is 5.09 Å². The summed E-state index contributed by atoms with van der Waals surface area (Å²) in [5.41, 5.74) is 0. The molecule has 0 spiro atoms. The van der Waals surface area contributed by atoms with Crippen LogP contribution in [0.25, 0.3) is 0 Å². The highest BCUT2D eigenvalue weighted by atomic mass is 17.0. The van der Waals surface area contributed by atoms with Crippen LogP contribution in [0.15, 0.2) is 24.5 Å². The van der Waals surface area contributed by atoms with Crippen molar-refractivity contribution in [3.8, 4) is 0 Å². The minimum Gasteiger partial charge on any atom is -0.218 e. The Morgan fingerprint density at radius 1 is 1.44 bits per heavy atom. The third kappa shape index (κ3) is 1.45. The highest BCUT2D eigenvalue weighted by Crippen LogP contribution is 1.84. The van der Waals surface area contributed by atoms with E-state index in [1.807, 2.05) is 0 Å². The highest BCUT2D eigenvalue weighted by Gasteiger charge is 1.91. The molecule has 0 N–H and O–H groups in total. The maximum absolute atomic E-state index is 9.63. The van der Waals surface area contributed by atoms with Gasteiger partial charge in [-0.2, -0.15) is 4.94 Å². The molecule has 1 heterocycles.